The summed E-state index contributed by atoms with van der Waals surface area (Å²) >= 11 is 0. The molecule has 1 atom stereocenters. The summed E-state index contributed by atoms with van der Waals surface area (Å²) in [4.78, 5) is 25.8. The Kier molecular flexibility index (Phi) is 6.14. The Hall–Kier alpha value is -2.51. The maximum absolute atomic E-state index is 12.7. The van der Waals surface area contributed by atoms with Gasteiger partial charge in [0.15, 0.2) is 0 Å². The van der Waals surface area contributed by atoms with Crippen LogP contribution in [0.2, 0.25) is 0 Å². The van der Waals surface area contributed by atoms with E-state index in [9.17, 15) is 4.79 Å². The SMILES string of the molecule is O=C(Nc1ccc(CN2CCOCC2)cc1)C1CCCN(c2ncccn2)C1. The van der Waals surface area contributed by atoms with E-state index < -0.39 is 0 Å². The number of aromatic nitrogens is 2. The largest absolute Gasteiger partial charge is 0.379 e. The summed E-state index contributed by atoms with van der Waals surface area (Å²) in [5.74, 6) is 0.722. The van der Waals surface area contributed by atoms with Crippen LogP contribution in [0.15, 0.2) is 42.7 Å². The monoisotopic (exact) mass is 381 g/mol. The van der Waals surface area contributed by atoms with Crippen LogP contribution >= 0.6 is 0 Å². The minimum atomic E-state index is -0.0504. The van der Waals surface area contributed by atoms with E-state index in [1.54, 1.807) is 18.5 Å². The average molecular weight is 381 g/mol. The van der Waals surface area contributed by atoms with Crippen molar-refractivity contribution < 1.29 is 9.53 Å². The van der Waals surface area contributed by atoms with Gasteiger partial charge < -0.3 is 15.0 Å². The summed E-state index contributed by atoms with van der Waals surface area (Å²) in [7, 11) is 0. The van der Waals surface area contributed by atoms with Gasteiger partial charge in [-0.3, -0.25) is 9.69 Å². The number of ether oxygens (including phenoxy) is 1. The predicted molar refractivity (Wildman–Crippen MR) is 108 cm³/mol. The number of carbonyl (C=O) groups excluding carboxylic acids is 1. The van der Waals surface area contributed by atoms with Gasteiger partial charge in [-0.25, -0.2) is 9.97 Å². The lowest BCUT2D eigenvalue weighted by molar-refractivity contribution is -0.120. The Morgan fingerprint density at radius 1 is 1.11 bits per heavy atom. The Morgan fingerprint density at radius 3 is 2.61 bits per heavy atom. The molecule has 2 aromatic rings. The van der Waals surface area contributed by atoms with Crippen LogP contribution in [0, 0.1) is 5.92 Å². The molecule has 0 aliphatic carbocycles. The molecular formula is C21H27N5O2. The second kappa shape index (κ2) is 9.12. The van der Waals surface area contributed by atoms with Gasteiger partial charge in [-0.2, -0.15) is 0 Å². The van der Waals surface area contributed by atoms with E-state index in [2.05, 4.69) is 37.2 Å². The van der Waals surface area contributed by atoms with Gasteiger partial charge in [0, 0.05) is 50.8 Å². The first-order valence-corrected chi connectivity index (χ1v) is 10.00. The molecule has 2 aliphatic heterocycles. The van der Waals surface area contributed by atoms with Crippen molar-refractivity contribution in [1.82, 2.24) is 14.9 Å². The fourth-order valence-corrected chi connectivity index (χ4v) is 3.78. The number of morpholine rings is 1. The van der Waals surface area contributed by atoms with Gasteiger partial charge in [0.2, 0.25) is 11.9 Å². The minimum absolute atomic E-state index is 0.0504. The highest BCUT2D eigenvalue weighted by Crippen LogP contribution is 2.22. The summed E-state index contributed by atoms with van der Waals surface area (Å²) in [5, 5.41) is 3.07. The topological polar surface area (TPSA) is 70.6 Å². The molecule has 148 valence electrons. The molecule has 2 saturated heterocycles. The number of benzene rings is 1. The van der Waals surface area contributed by atoms with Gasteiger partial charge in [-0.05, 0) is 36.6 Å². The van der Waals surface area contributed by atoms with Gasteiger partial charge in [0.1, 0.15) is 0 Å². The summed E-state index contributed by atoms with van der Waals surface area (Å²) in [5.41, 5.74) is 2.11. The standard InChI is InChI=1S/C21H27N5O2/c27-20(18-3-1-10-26(16-18)21-22-8-2-9-23-21)24-19-6-4-17(5-7-19)15-25-11-13-28-14-12-25/h2,4-9,18H,1,3,10-16H2,(H,24,27). The van der Waals surface area contributed by atoms with Gasteiger partial charge in [0.25, 0.3) is 0 Å². The number of carbonyl (C=O) groups is 1. The highest BCUT2D eigenvalue weighted by Gasteiger charge is 2.27. The van der Waals surface area contributed by atoms with Crippen LogP contribution in [0.3, 0.4) is 0 Å². The van der Waals surface area contributed by atoms with Gasteiger partial charge >= 0.3 is 0 Å². The molecule has 0 bridgehead atoms. The van der Waals surface area contributed by atoms with Crippen molar-refractivity contribution in [3.05, 3.63) is 48.3 Å². The number of anilines is 2. The molecule has 2 aliphatic rings. The normalized spacial score (nSPS) is 20.7. The smallest absolute Gasteiger partial charge is 0.229 e. The summed E-state index contributed by atoms with van der Waals surface area (Å²) in [6.45, 7) is 6.03. The zero-order valence-corrected chi connectivity index (χ0v) is 16.1. The molecule has 1 aromatic carbocycles. The van der Waals surface area contributed by atoms with Crippen LogP contribution in [0.4, 0.5) is 11.6 Å². The van der Waals surface area contributed by atoms with Crippen LogP contribution in [-0.2, 0) is 16.1 Å². The van der Waals surface area contributed by atoms with E-state index in [1.165, 1.54) is 5.56 Å². The average Bonchev–Trinajstić information content (AvgIpc) is 2.76. The van der Waals surface area contributed by atoms with Crippen molar-refractivity contribution >= 4 is 17.5 Å². The molecule has 28 heavy (non-hydrogen) atoms. The van der Waals surface area contributed by atoms with Crippen LogP contribution in [0.25, 0.3) is 0 Å². The molecule has 7 nitrogen and oxygen atoms in total. The van der Waals surface area contributed by atoms with Crippen LogP contribution in [0.1, 0.15) is 18.4 Å². The molecule has 1 N–H and O–H groups in total. The van der Waals surface area contributed by atoms with E-state index in [4.69, 9.17) is 4.74 Å². The van der Waals surface area contributed by atoms with Crippen LogP contribution in [-0.4, -0.2) is 60.2 Å². The number of rotatable bonds is 5. The molecule has 0 spiro atoms. The van der Waals surface area contributed by atoms with Crippen molar-refractivity contribution in [2.45, 2.75) is 19.4 Å². The minimum Gasteiger partial charge on any atom is -0.379 e. The first kappa shape index (κ1) is 18.8. The Morgan fingerprint density at radius 2 is 1.86 bits per heavy atom. The Balaban J connectivity index is 1.31. The zero-order chi connectivity index (χ0) is 19.2. The lowest BCUT2D eigenvalue weighted by Gasteiger charge is -2.31. The Labute approximate surface area is 165 Å². The Bertz CT molecular complexity index is 762. The van der Waals surface area contributed by atoms with E-state index in [-0.39, 0.29) is 11.8 Å². The second-order valence-corrected chi connectivity index (χ2v) is 7.41. The van der Waals surface area contributed by atoms with Crippen molar-refractivity contribution in [3.63, 3.8) is 0 Å². The number of nitrogens with one attached hydrogen (secondary N) is 1. The summed E-state index contributed by atoms with van der Waals surface area (Å²) < 4.78 is 5.39. The molecule has 2 fully saturated rings. The molecule has 1 aromatic heterocycles. The predicted octanol–water partition coefficient (Wildman–Crippen LogP) is 2.16. The van der Waals surface area contributed by atoms with Gasteiger partial charge in [-0.1, -0.05) is 12.1 Å². The second-order valence-electron chi connectivity index (χ2n) is 7.41. The quantitative estimate of drug-likeness (QED) is 0.856. The van der Waals surface area contributed by atoms with Crippen molar-refractivity contribution in [1.29, 1.82) is 0 Å². The molecule has 0 saturated carbocycles. The highest BCUT2D eigenvalue weighted by molar-refractivity contribution is 5.93. The number of nitrogens with zero attached hydrogens (tertiary/aromatic N) is 4. The first-order valence-electron chi connectivity index (χ1n) is 10.00. The first-order chi connectivity index (χ1) is 13.8. The highest BCUT2D eigenvalue weighted by atomic mass is 16.5. The van der Waals surface area contributed by atoms with Crippen molar-refractivity contribution in [3.8, 4) is 0 Å². The molecule has 7 heteroatoms. The van der Waals surface area contributed by atoms with Gasteiger partial charge in [0.05, 0.1) is 19.1 Å². The summed E-state index contributed by atoms with van der Waals surface area (Å²) in [6.07, 6.45) is 5.34. The maximum atomic E-state index is 12.7. The third kappa shape index (κ3) is 4.85. The fourth-order valence-electron chi connectivity index (χ4n) is 3.78. The van der Waals surface area contributed by atoms with E-state index in [0.29, 0.717) is 12.5 Å². The van der Waals surface area contributed by atoms with E-state index >= 15 is 0 Å². The third-order valence-corrected chi connectivity index (χ3v) is 5.36. The maximum Gasteiger partial charge on any atom is 0.229 e. The van der Waals surface area contributed by atoms with Gasteiger partial charge in [-0.15, -0.1) is 0 Å². The molecule has 0 radical (unpaired) electrons. The number of amides is 1. The van der Waals surface area contributed by atoms with Crippen LogP contribution in [0.5, 0.6) is 0 Å². The van der Waals surface area contributed by atoms with E-state index in [0.717, 1.165) is 57.9 Å². The molecule has 4 rings (SSSR count). The fraction of sp³-hybridized carbons (Fsp3) is 0.476. The van der Waals surface area contributed by atoms with Crippen LogP contribution < -0.4 is 10.2 Å². The lowest BCUT2D eigenvalue weighted by Crippen LogP contribution is -2.41. The lowest BCUT2D eigenvalue weighted by atomic mass is 9.97. The molecule has 3 heterocycles. The third-order valence-electron chi connectivity index (χ3n) is 5.36. The van der Waals surface area contributed by atoms with E-state index in [1.807, 2.05) is 12.1 Å². The molecular weight excluding hydrogens is 354 g/mol. The zero-order valence-electron chi connectivity index (χ0n) is 16.1. The number of hydrogen-bond acceptors (Lipinski definition) is 6. The molecule has 1 amide bonds. The molecule has 1 unspecified atom stereocenters. The number of piperidine rings is 1. The van der Waals surface area contributed by atoms with Crippen molar-refractivity contribution in [2.75, 3.05) is 49.6 Å². The number of hydrogen-bond donors (Lipinski definition) is 1. The van der Waals surface area contributed by atoms with Crippen molar-refractivity contribution in [2.24, 2.45) is 5.92 Å². The summed E-state index contributed by atoms with van der Waals surface area (Å²) in [6, 6.07) is 9.98.